The number of aliphatic hydroxyl groups is 2. The molecule has 3 N–H and O–H groups in total. The second-order valence-corrected chi connectivity index (χ2v) is 4.62. The molecule has 1 aromatic heterocycles. The molecule has 9 nitrogen and oxygen atoms in total. The van der Waals surface area contributed by atoms with E-state index in [2.05, 4.69) is 0 Å². The van der Waals surface area contributed by atoms with Gasteiger partial charge in [0.1, 0.15) is 18.8 Å². The summed E-state index contributed by atoms with van der Waals surface area (Å²) in [5.74, 6) is 0. The number of hydrogen-bond donors (Lipinski definition) is 3. The number of H-pyrrole nitrogens is 1. The minimum atomic E-state index is -1.88. The molecule has 114 valence electrons. The maximum absolute atomic E-state index is 11.9. The molecule has 0 saturated carbocycles. The monoisotopic (exact) mass is 297 g/mol. The fraction of sp³-hybridized carbons (Fsp3) is 0.583. The van der Waals surface area contributed by atoms with Gasteiger partial charge < -0.3 is 19.7 Å². The summed E-state index contributed by atoms with van der Waals surface area (Å²) in [7, 11) is 0. The molecule has 1 aliphatic heterocycles. The van der Waals surface area contributed by atoms with Gasteiger partial charge in [0, 0.05) is 18.9 Å². The van der Waals surface area contributed by atoms with Gasteiger partial charge in [-0.05, 0) is 6.42 Å². The fourth-order valence-corrected chi connectivity index (χ4v) is 2.06. The van der Waals surface area contributed by atoms with Crippen LogP contribution in [-0.4, -0.2) is 51.8 Å². The number of hydrogen-bond acceptors (Lipinski definition) is 7. The van der Waals surface area contributed by atoms with Gasteiger partial charge in [0.25, 0.3) is 11.3 Å². The van der Waals surface area contributed by atoms with Crippen LogP contribution < -0.4 is 11.2 Å². The summed E-state index contributed by atoms with van der Waals surface area (Å²) >= 11 is 0. The molecule has 2 heterocycles. The normalized spacial score (nSPS) is 30.1. The van der Waals surface area contributed by atoms with Crippen LogP contribution in [0.3, 0.4) is 0 Å². The molecule has 0 bridgehead atoms. The van der Waals surface area contributed by atoms with Crippen molar-refractivity contribution in [3.05, 3.63) is 33.1 Å². The predicted octanol–water partition coefficient (Wildman–Crippen LogP) is -2.13. The van der Waals surface area contributed by atoms with Gasteiger partial charge in [0.05, 0.1) is 12.7 Å². The SMILES string of the molecule is N#C[C@]1(n2ccc(=O)[nH]c2=O)COCC[C@H](O)[C@@H](CO)O1. The molecule has 1 aromatic rings. The topological polar surface area (TPSA) is 138 Å². The zero-order chi connectivity index (χ0) is 15.5. The molecule has 1 saturated heterocycles. The number of rotatable bonds is 2. The third-order valence-electron chi connectivity index (χ3n) is 3.20. The van der Waals surface area contributed by atoms with E-state index in [0.717, 1.165) is 16.8 Å². The maximum Gasteiger partial charge on any atom is 0.331 e. The number of ether oxygens (including phenoxy) is 2. The molecule has 1 fully saturated rings. The van der Waals surface area contributed by atoms with Crippen LogP contribution in [0.1, 0.15) is 6.42 Å². The van der Waals surface area contributed by atoms with Gasteiger partial charge in [-0.15, -0.1) is 0 Å². The highest BCUT2D eigenvalue weighted by molar-refractivity contribution is 5.03. The van der Waals surface area contributed by atoms with Crippen LogP contribution in [-0.2, 0) is 15.2 Å². The average molecular weight is 297 g/mol. The number of aliphatic hydroxyl groups excluding tert-OH is 2. The van der Waals surface area contributed by atoms with Crippen LogP contribution in [0, 0.1) is 11.3 Å². The van der Waals surface area contributed by atoms with E-state index in [1.807, 2.05) is 11.1 Å². The Morgan fingerprint density at radius 1 is 1.57 bits per heavy atom. The van der Waals surface area contributed by atoms with E-state index in [4.69, 9.17) is 9.47 Å². The minimum absolute atomic E-state index is 0.141. The van der Waals surface area contributed by atoms with E-state index < -0.39 is 35.8 Å². The van der Waals surface area contributed by atoms with Gasteiger partial charge in [0.15, 0.2) is 0 Å². The highest BCUT2D eigenvalue weighted by Crippen LogP contribution is 2.23. The summed E-state index contributed by atoms with van der Waals surface area (Å²) in [6, 6.07) is 2.88. The lowest BCUT2D eigenvalue weighted by Crippen LogP contribution is -2.53. The van der Waals surface area contributed by atoms with E-state index in [1.165, 1.54) is 0 Å². The van der Waals surface area contributed by atoms with Crippen LogP contribution in [0.15, 0.2) is 21.9 Å². The first-order valence-electron chi connectivity index (χ1n) is 6.30. The number of nitriles is 1. The van der Waals surface area contributed by atoms with Gasteiger partial charge in [0.2, 0.25) is 0 Å². The van der Waals surface area contributed by atoms with Crippen LogP contribution in [0.5, 0.6) is 0 Å². The lowest BCUT2D eigenvalue weighted by atomic mass is 10.1. The van der Waals surface area contributed by atoms with Crippen molar-refractivity contribution >= 4 is 0 Å². The van der Waals surface area contributed by atoms with E-state index in [0.29, 0.717) is 0 Å². The Labute approximate surface area is 119 Å². The summed E-state index contributed by atoms with van der Waals surface area (Å²) in [4.78, 5) is 25.0. The third kappa shape index (κ3) is 3.03. The molecule has 0 amide bonds. The molecule has 9 heteroatoms. The Bertz CT molecular complexity index is 647. The lowest BCUT2D eigenvalue weighted by molar-refractivity contribution is -0.203. The van der Waals surface area contributed by atoms with Crippen molar-refractivity contribution in [2.75, 3.05) is 19.8 Å². The molecule has 3 atom stereocenters. The molecular weight excluding hydrogens is 282 g/mol. The van der Waals surface area contributed by atoms with Crippen LogP contribution in [0.25, 0.3) is 0 Å². The molecule has 1 aliphatic rings. The molecule has 0 radical (unpaired) electrons. The van der Waals surface area contributed by atoms with Gasteiger partial charge in [-0.2, -0.15) is 5.26 Å². The Balaban J connectivity index is 2.49. The smallest absolute Gasteiger partial charge is 0.331 e. The highest BCUT2D eigenvalue weighted by Gasteiger charge is 2.41. The summed E-state index contributed by atoms with van der Waals surface area (Å²) in [6.07, 6.45) is -0.752. The Hall–Kier alpha value is -1.99. The van der Waals surface area contributed by atoms with Gasteiger partial charge >= 0.3 is 5.69 Å². The van der Waals surface area contributed by atoms with Crippen molar-refractivity contribution in [2.24, 2.45) is 0 Å². The molecule has 0 aromatic carbocycles. The number of aromatic nitrogens is 2. The standard InChI is InChI=1S/C12H15N3O6/c13-6-12(15-3-1-10(18)14-11(15)19)7-20-4-2-8(17)9(5-16)21-12/h1,3,8-9,16-17H,2,4-5,7H2,(H,14,18,19)/t8-,9+,12+/m0/s1. The van der Waals surface area contributed by atoms with Crippen molar-refractivity contribution in [3.8, 4) is 6.07 Å². The first kappa shape index (κ1) is 15.4. The second-order valence-electron chi connectivity index (χ2n) is 4.62. The maximum atomic E-state index is 11.9. The van der Waals surface area contributed by atoms with Crippen molar-refractivity contribution in [1.82, 2.24) is 9.55 Å². The largest absolute Gasteiger partial charge is 0.394 e. The number of aromatic amines is 1. The van der Waals surface area contributed by atoms with Gasteiger partial charge in [-0.25, -0.2) is 4.79 Å². The Kier molecular flexibility index (Phi) is 4.54. The highest BCUT2D eigenvalue weighted by atomic mass is 16.6. The van der Waals surface area contributed by atoms with Gasteiger partial charge in [-0.1, -0.05) is 0 Å². The van der Waals surface area contributed by atoms with Crippen LogP contribution in [0.2, 0.25) is 0 Å². The van der Waals surface area contributed by atoms with Crippen molar-refractivity contribution in [3.63, 3.8) is 0 Å². The third-order valence-corrected chi connectivity index (χ3v) is 3.20. The second kappa shape index (κ2) is 6.19. The quantitative estimate of drug-likeness (QED) is 0.567. The summed E-state index contributed by atoms with van der Waals surface area (Å²) in [5, 5.41) is 28.6. The fourth-order valence-electron chi connectivity index (χ4n) is 2.06. The van der Waals surface area contributed by atoms with Crippen molar-refractivity contribution in [1.29, 1.82) is 5.26 Å². The predicted molar refractivity (Wildman–Crippen MR) is 68.3 cm³/mol. The van der Waals surface area contributed by atoms with Crippen molar-refractivity contribution in [2.45, 2.75) is 24.4 Å². The number of nitrogens with one attached hydrogen (secondary N) is 1. The first-order valence-corrected chi connectivity index (χ1v) is 6.30. The molecule has 0 spiro atoms. The number of nitrogens with zero attached hydrogens (tertiary/aromatic N) is 2. The van der Waals surface area contributed by atoms with Crippen molar-refractivity contribution < 1.29 is 19.7 Å². The van der Waals surface area contributed by atoms with Gasteiger partial charge in [-0.3, -0.25) is 14.3 Å². The lowest BCUT2D eigenvalue weighted by Gasteiger charge is -2.35. The van der Waals surface area contributed by atoms with E-state index in [1.54, 1.807) is 0 Å². The minimum Gasteiger partial charge on any atom is -0.394 e. The average Bonchev–Trinajstić information content (AvgIpc) is 2.45. The molecule has 21 heavy (non-hydrogen) atoms. The van der Waals surface area contributed by atoms with Crippen LogP contribution >= 0.6 is 0 Å². The summed E-state index contributed by atoms with van der Waals surface area (Å²) in [5.41, 5.74) is -3.34. The van der Waals surface area contributed by atoms with E-state index >= 15 is 0 Å². The zero-order valence-corrected chi connectivity index (χ0v) is 11.1. The summed E-state index contributed by atoms with van der Waals surface area (Å²) in [6.45, 7) is -0.663. The Morgan fingerprint density at radius 3 is 2.95 bits per heavy atom. The molecular formula is C12H15N3O6. The Morgan fingerprint density at radius 2 is 2.33 bits per heavy atom. The summed E-state index contributed by atoms with van der Waals surface area (Å²) < 4.78 is 11.6. The zero-order valence-electron chi connectivity index (χ0n) is 11.1. The van der Waals surface area contributed by atoms with Crippen LogP contribution in [0.4, 0.5) is 0 Å². The first-order chi connectivity index (χ1) is 10.0. The molecule has 0 unspecified atom stereocenters. The molecule has 2 rings (SSSR count). The van der Waals surface area contributed by atoms with E-state index in [9.17, 15) is 25.1 Å². The van der Waals surface area contributed by atoms with E-state index in [-0.39, 0.29) is 19.6 Å². The molecule has 0 aliphatic carbocycles.